The van der Waals surface area contributed by atoms with Gasteiger partial charge >= 0.3 is 6.03 Å². The largest absolute Gasteiger partial charge is 0.482 e. The number of likely N-dealkylation sites (tertiary alicyclic amines) is 1. The molecule has 1 saturated heterocycles. The second kappa shape index (κ2) is 7.07. The number of nitrogens with one attached hydrogen (secondary N) is 2. The Labute approximate surface area is 152 Å². The summed E-state index contributed by atoms with van der Waals surface area (Å²) in [4.78, 5) is 25.7. The minimum Gasteiger partial charge on any atom is -0.482 e. The summed E-state index contributed by atoms with van der Waals surface area (Å²) in [6, 6.07) is 15.6. The topological polar surface area (TPSA) is 70.7 Å². The third kappa shape index (κ3) is 3.49. The lowest BCUT2D eigenvalue weighted by molar-refractivity contribution is -0.118. The first-order valence-electron chi connectivity index (χ1n) is 8.86. The quantitative estimate of drug-likeness (QED) is 0.871. The molecule has 0 aliphatic carbocycles. The molecule has 0 radical (unpaired) electrons. The number of carbonyl (C=O) groups is 2. The molecule has 2 aromatic carbocycles. The minimum atomic E-state index is -0.171. The molecular weight excluding hydrogens is 330 g/mol. The van der Waals surface area contributed by atoms with E-state index in [1.807, 2.05) is 11.0 Å². The van der Waals surface area contributed by atoms with Crippen LogP contribution >= 0.6 is 0 Å². The highest BCUT2D eigenvalue weighted by Crippen LogP contribution is 2.31. The third-order valence-corrected chi connectivity index (χ3v) is 4.92. The highest BCUT2D eigenvalue weighted by molar-refractivity contribution is 5.96. The highest BCUT2D eigenvalue weighted by Gasteiger charge is 2.24. The van der Waals surface area contributed by atoms with Gasteiger partial charge in [-0.05, 0) is 36.5 Å². The summed E-state index contributed by atoms with van der Waals surface area (Å²) >= 11 is 0. The molecule has 1 fully saturated rings. The van der Waals surface area contributed by atoms with E-state index in [0.717, 1.165) is 25.9 Å². The molecule has 2 aromatic rings. The Balaban J connectivity index is 1.35. The van der Waals surface area contributed by atoms with Gasteiger partial charge in [0.15, 0.2) is 6.61 Å². The van der Waals surface area contributed by atoms with Gasteiger partial charge < -0.3 is 20.3 Å². The van der Waals surface area contributed by atoms with Gasteiger partial charge in [-0.25, -0.2) is 4.79 Å². The van der Waals surface area contributed by atoms with Crippen molar-refractivity contribution in [2.75, 3.05) is 30.3 Å². The normalized spacial score (nSPS) is 17.1. The van der Waals surface area contributed by atoms with Crippen LogP contribution in [-0.4, -0.2) is 36.5 Å². The second-order valence-electron chi connectivity index (χ2n) is 6.65. The third-order valence-electron chi connectivity index (χ3n) is 4.92. The molecule has 2 N–H and O–H groups in total. The molecule has 6 heteroatoms. The van der Waals surface area contributed by atoms with Gasteiger partial charge in [0, 0.05) is 24.8 Å². The van der Waals surface area contributed by atoms with Crippen molar-refractivity contribution in [2.45, 2.75) is 18.8 Å². The fourth-order valence-corrected chi connectivity index (χ4v) is 3.50. The summed E-state index contributed by atoms with van der Waals surface area (Å²) in [5.74, 6) is 0.918. The fourth-order valence-electron chi connectivity index (χ4n) is 3.50. The summed E-state index contributed by atoms with van der Waals surface area (Å²) < 4.78 is 5.39. The van der Waals surface area contributed by atoms with Crippen LogP contribution in [0.1, 0.15) is 24.3 Å². The van der Waals surface area contributed by atoms with E-state index in [-0.39, 0.29) is 18.5 Å². The summed E-state index contributed by atoms with van der Waals surface area (Å²) in [6.07, 6.45) is 1.94. The number of piperidine rings is 1. The zero-order valence-electron chi connectivity index (χ0n) is 14.4. The number of amides is 3. The van der Waals surface area contributed by atoms with Gasteiger partial charge in [0.05, 0.1) is 5.69 Å². The van der Waals surface area contributed by atoms with E-state index in [4.69, 9.17) is 4.74 Å². The number of hydrogen-bond acceptors (Lipinski definition) is 3. The van der Waals surface area contributed by atoms with Crippen molar-refractivity contribution in [3.8, 4) is 5.75 Å². The first kappa shape index (κ1) is 16.4. The number of rotatable bonds is 2. The van der Waals surface area contributed by atoms with Crippen LogP contribution in [-0.2, 0) is 4.79 Å². The Kier molecular flexibility index (Phi) is 4.48. The van der Waals surface area contributed by atoms with Crippen molar-refractivity contribution >= 4 is 23.3 Å². The zero-order chi connectivity index (χ0) is 17.9. The van der Waals surface area contributed by atoms with E-state index in [0.29, 0.717) is 23.0 Å². The van der Waals surface area contributed by atoms with Crippen LogP contribution in [0.2, 0.25) is 0 Å². The average Bonchev–Trinajstić information content (AvgIpc) is 2.69. The van der Waals surface area contributed by atoms with E-state index in [2.05, 4.69) is 34.9 Å². The maximum absolute atomic E-state index is 12.5. The van der Waals surface area contributed by atoms with Crippen molar-refractivity contribution in [1.82, 2.24) is 4.90 Å². The molecule has 6 nitrogen and oxygen atoms in total. The molecule has 0 atom stereocenters. The van der Waals surface area contributed by atoms with Gasteiger partial charge in [-0.3, -0.25) is 4.79 Å². The van der Waals surface area contributed by atoms with Gasteiger partial charge in [0.1, 0.15) is 5.75 Å². The Bertz CT molecular complexity index is 814. The molecule has 2 aliphatic rings. The monoisotopic (exact) mass is 351 g/mol. The van der Waals surface area contributed by atoms with Crippen molar-refractivity contribution < 1.29 is 14.3 Å². The SMILES string of the molecule is O=C1COc2cc(NC(=O)N3CCC(c4ccccc4)CC3)ccc2N1. The van der Waals surface area contributed by atoms with Crippen LogP contribution in [0.25, 0.3) is 0 Å². The van der Waals surface area contributed by atoms with E-state index in [1.165, 1.54) is 5.56 Å². The fraction of sp³-hybridized carbons (Fsp3) is 0.300. The van der Waals surface area contributed by atoms with Crippen LogP contribution in [0, 0.1) is 0 Å². The lowest BCUT2D eigenvalue weighted by atomic mass is 9.90. The zero-order valence-corrected chi connectivity index (χ0v) is 14.4. The number of fused-ring (bicyclic) bond motifs is 1. The molecule has 0 unspecified atom stereocenters. The lowest BCUT2D eigenvalue weighted by Crippen LogP contribution is -2.40. The van der Waals surface area contributed by atoms with E-state index in [9.17, 15) is 9.59 Å². The summed E-state index contributed by atoms with van der Waals surface area (Å²) in [6.45, 7) is 1.48. The molecule has 0 saturated carbocycles. The number of anilines is 2. The van der Waals surface area contributed by atoms with Crippen molar-refractivity contribution in [3.05, 3.63) is 54.1 Å². The molecule has 2 heterocycles. The van der Waals surface area contributed by atoms with Crippen LogP contribution in [0.15, 0.2) is 48.5 Å². The van der Waals surface area contributed by atoms with Crippen LogP contribution in [0.4, 0.5) is 16.2 Å². The van der Waals surface area contributed by atoms with Crippen molar-refractivity contribution in [2.24, 2.45) is 0 Å². The molecule has 26 heavy (non-hydrogen) atoms. The van der Waals surface area contributed by atoms with Gasteiger partial charge in [0.2, 0.25) is 0 Å². The van der Waals surface area contributed by atoms with Crippen molar-refractivity contribution in [3.63, 3.8) is 0 Å². The molecule has 0 bridgehead atoms. The standard InChI is InChI=1S/C20H21N3O3/c24-19-13-26-18-12-16(6-7-17(18)22-19)21-20(25)23-10-8-15(9-11-23)14-4-2-1-3-5-14/h1-7,12,15H,8-11,13H2,(H,21,25)(H,22,24). The predicted octanol–water partition coefficient (Wildman–Crippen LogP) is 3.43. The van der Waals surface area contributed by atoms with Crippen LogP contribution in [0.3, 0.4) is 0 Å². The Morgan fingerprint density at radius 2 is 1.88 bits per heavy atom. The minimum absolute atomic E-state index is 0.00258. The summed E-state index contributed by atoms with van der Waals surface area (Å²) in [5, 5.41) is 5.66. The van der Waals surface area contributed by atoms with Crippen molar-refractivity contribution in [1.29, 1.82) is 0 Å². The summed E-state index contributed by atoms with van der Waals surface area (Å²) in [5.41, 5.74) is 2.64. The van der Waals surface area contributed by atoms with Gasteiger partial charge in [0.25, 0.3) is 5.91 Å². The molecule has 0 aromatic heterocycles. The van der Waals surface area contributed by atoms with Crippen LogP contribution in [0.5, 0.6) is 5.75 Å². The Hall–Kier alpha value is -3.02. The molecular formula is C20H21N3O3. The predicted molar refractivity (Wildman–Crippen MR) is 99.6 cm³/mol. The Morgan fingerprint density at radius 3 is 2.65 bits per heavy atom. The maximum Gasteiger partial charge on any atom is 0.321 e. The Morgan fingerprint density at radius 1 is 1.12 bits per heavy atom. The highest BCUT2D eigenvalue weighted by atomic mass is 16.5. The molecule has 2 aliphatic heterocycles. The number of benzene rings is 2. The number of urea groups is 1. The van der Waals surface area contributed by atoms with Gasteiger partial charge in [-0.1, -0.05) is 30.3 Å². The van der Waals surface area contributed by atoms with E-state index in [1.54, 1.807) is 18.2 Å². The lowest BCUT2D eigenvalue weighted by Gasteiger charge is -2.32. The molecule has 134 valence electrons. The van der Waals surface area contributed by atoms with E-state index >= 15 is 0 Å². The smallest absolute Gasteiger partial charge is 0.321 e. The molecule has 3 amide bonds. The van der Waals surface area contributed by atoms with E-state index < -0.39 is 0 Å². The number of carbonyl (C=O) groups excluding carboxylic acids is 2. The number of ether oxygens (including phenoxy) is 1. The second-order valence-corrected chi connectivity index (χ2v) is 6.65. The number of nitrogens with zero attached hydrogens (tertiary/aromatic N) is 1. The van der Waals surface area contributed by atoms with Gasteiger partial charge in [-0.15, -0.1) is 0 Å². The first-order chi connectivity index (χ1) is 12.7. The molecule has 4 rings (SSSR count). The summed E-state index contributed by atoms with van der Waals surface area (Å²) in [7, 11) is 0. The first-order valence-corrected chi connectivity index (χ1v) is 8.86. The average molecular weight is 351 g/mol. The molecule has 0 spiro atoms. The van der Waals surface area contributed by atoms with Crippen LogP contribution < -0.4 is 15.4 Å². The maximum atomic E-state index is 12.5. The van der Waals surface area contributed by atoms with Gasteiger partial charge in [-0.2, -0.15) is 0 Å². The number of hydrogen-bond donors (Lipinski definition) is 2.